The molecule has 1 atom stereocenters. The fourth-order valence-electron chi connectivity index (χ4n) is 6.56. The lowest BCUT2D eigenvalue weighted by atomic mass is 9.48. The van der Waals surface area contributed by atoms with Crippen molar-refractivity contribution in [1.29, 1.82) is 0 Å². The van der Waals surface area contributed by atoms with Crippen LogP contribution in [0, 0.1) is 23.2 Å². The molecule has 0 aliphatic heterocycles. The lowest BCUT2D eigenvalue weighted by molar-refractivity contribution is -0.128. The van der Waals surface area contributed by atoms with Crippen molar-refractivity contribution in [3.63, 3.8) is 0 Å². The minimum atomic E-state index is -0.841. The molecule has 158 valence electrons. The van der Waals surface area contributed by atoms with Crippen LogP contribution < -0.4 is 10.9 Å². The van der Waals surface area contributed by atoms with E-state index in [1.165, 1.54) is 44.6 Å². The van der Waals surface area contributed by atoms with Gasteiger partial charge in [-0.2, -0.15) is 0 Å². The number of hydrogen-bond acceptors (Lipinski definition) is 5. The molecule has 30 heavy (non-hydrogen) atoms. The fraction of sp³-hybridized carbons (Fsp3) is 0.542. The molecule has 4 saturated carbocycles. The van der Waals surface area contributed by atoms with Gasteiger partial charge in [-0.05, 0) is 80.8 Å². The maximum absolute atomic E-state index is 12.5. The molecular weight excluding hydrogens is 382 g/mol. The van der Waals surface area contributed by atoms with Gasteiger partial charge in [-0.3, -0.25) is 4.79 Å². The number of rotatable bonds is 5. The highest BCUT2D eigenvalue weighted by Crippen LogP contribution is 2.61. The first-order valence-corrected chi connectivity index (χ1v) is 10.9. The summed E-state index contributed by atoms with van der Waals surface area (Å²) in [6.07, 6.45) is 7.64. The summed E-state index contributed by atoms with van der Waals surface area (Å²) in [6.45, 7) is 1.69. The van der Waals surface area contributed by atoms with Crippen molar-refractivity contribution in [3.8, 4) is 0 Å². The molecule has 1 amide bonds. The van der Waals surface area contributed by atoms with E-state index in [1.54, 1.807) is 24.3 Å². The Morgan fingerprint density at radius 3 is 2.43 bits per heavy atom. The molecule has 6 nitrogen and oxygen atoms in total. The van der Waals surface area contributed by atoms with E-state index in [2.05, 4.69) is 12.2 Å². The third kappa shape index (κ3) is 3.42. The molecular formula is C24H27NO5. The van der Waals surface area contributed by atoms with Crippen molar-refractivity contribution >= 4 is 22.8 Å². The first-order chi connectivity index (χ1) is 14.4. The molecule has 6 rings (SSSR count). The largest absolute Gasteiger partial charge is 0.452 e. The third-order valence-electron chi connectivity index (χ3n) is 7.58. The van der Waals surface area contributed by atoms with Gasteiger partial charge in [0.25, 0.3) is 5.91 Å². The number of nitrogens with one attached hydrogen (secondary N) is 1. The number of para-hydroxylation sites is 1. The number of fused-ring (bicyclic) bond motifs is 1. The molecule has 6 heteroatoms. The van der Waals surface area contributed by atoms with E-state index in [1.807, 2.05) is 0 Å². The zero-order valence-electron chi connectivity index (χ0n) is 17.2. The second kappa shape index (κ2) is 7.25. The Kier molecular flexibility index (Phi) is 4.68. The minimum absolute atomic E-state index is 0.0582. The summed E-state index contributed by atoms with van der Waals surface area (Å²) in [7, 11) is 0. The maximum atomic E-state index is 12.5. The van der Waals surface area contributed by atoms with Gasteiger partial charge in [-0.1, -0.05) is 18.2 Å². The van der Waals surface area contributed by atoms with E-state index < -0.39 is 18.2 Å². The van der Waals surface area contributed by atoms with Crippen molar-refractivity contribution in [3.05, 3.63) is 46.3 Å². The number of esters is 1. The predicted octanol–water partition coefficient (Wildman–Crippen LogP) is 3.67. The molecule has 1 aromatic carbocycles. The standard InChI is InChI=1S/C24H27NO5/c1-14(24-10-15-6-16(11-24)8-17(7-15)12-24)25-21(26)13-29-22(27)19-9-18-4-2-3-5-20(18)30-23(19)28/h2-5,9,14-17H,6-8,10-13H2,1H3,(H,25,26)/t14-,15?,16?,17?,24?/m0/s1. The van der Waals surface area contributed by atoms with Crippen molar-refractivity contribution < 1.29 is 18.7 Å². The number of ether oxygens (including phenoxy) is 1. The summed E-state index contributed by atoms with van der Waals surface area (Å²) in [4.78, 5) is 36.9. The minimum Gasteiger partial charge on any atom is -0.452 e. The molecule has 4 bridgehead atoms. The van der Waals surface area contributed by atoms with E-state index in [9.17, 15) is 14.4 Å². The summed E-state index contributed by atoms with van der Waals surface area (Å²) < 4.78 is 10.3. The highest BCUT2D eigenvalue weighted by atomic mass is 16.5. The zero-order valence-corrected chi connectivity index (χ0v) is 17.2. The quantitative estimate of drug-likeness (QED) is 0.602. The second-order valence-corrected chi connectivity index (χ2v) is 9.63. The Balaban J connectivity index is 1.21. The molecule has 0 unspecified atom stereocenters. The normalized spacial score (nSPS) is 30.2. The molecule has 1 aromatic heterocycles. The monoisotopic (exact) mass is 409 g/mol. The smallest absolute Gasteiger partial charge is 0.351 e. The number of hydrogen-bond donors (Lipinski definition) is 1. The summed E-state index contributed by atoms with van der Waals surface area (Å²) in [6, 6.07) is 8.44. The van der Waals surface area contributed by atoms with Crippen LogP contribution in [0.1, 0.15) is 55.8 Å². The Bertz CT molecular complexity index is 1020. The molecule has 4 fully saturated rings. The Morgan fingerprint density at radius 2 is 1.77 bits per heavy atom. The van der Waals surface area contributed by atoms with Crippen LogP contribution >= 0.6 is 0 Å². The van der Waals surface area contributed by atoms with Crippen molar-refractivity contribution in [2.75, 3.05) is 6.61 Å². The van der Waals surface area contributed by atoms with Crippen LogP contribution in [0.3, 0.4) is 0 Å². The lowest BCUT2D eigenvalue weighted by Crippen LogP contribution is -2.56. The van der Waals surface area contributed by atoms with Gasteiger partial charge < -0.3 is 14.5 Å². The number of carbonyl (C=O) groups excluding carboxylic acids is 2. The van der Waals surface area contributed by atoms with Crippen LogP contribution in [-0.4, -0.2) is 24.5 Å². The first-order valence-electron chi connectivity index (χ1n) is 10.9. The molecule has 0 radical (unpaired) electrons. The van der Waals surface area contributed by atoms with Gasteiger partial charge >= 0.3 is 11.6 Å². The van der Waals surface area contributed by atoms with Gasteiger partial charge in [0, 0.05) is 11.4 Å². The van der Waals surface area contributed by atoms with Crippen LogP contribution in [0.4, 0.5) is 0 Å². The maximum Gasteiger partial charge on any atom is 0.351 e. The van der Waals surface area contributed by atoms with Crippen molar-refractivity contribution in [1.82, 2.24) is 5.32 Å². The zero-order chi connectivity index (χ0) is 20.9. The van der Waals surface area contributed by atoms with E-state index in [0.717, 1.165) is 17.8 Å². The molecule has 1 N–H and O–H groups in total. The van der Waals surface area contributed by atoms with Gasteiger partial charge in [-0.15, -0.1) is 0 Å². The Labute approximate surface area is 175 Å². The predicted molar refractivity (Wildman–Crippen MR) is 111 cm³/mol. The molecule has 4 aliphatic rings. The first kappa shape index (κ1) is 19.3. The van der Waals surface area contributed by atoms with Gasteiger partial charge in [0.2, 0.25) is 0 Å². The Hall–Kier alpha value is -2.63. The van der Waals surface area contributed by atoms with Crippen LogP contribution in [-0.2, 0) is 9.53 Å². The SMILES string of the molecule is C[C@H](NC(=O)COC(=O)c1cc2ccccc2oc1=O)C12CC3CC(CC(C3)C1)C2. The lowest BCUT2D eigenvalue weighted by Gasteiger charge is -2.59. The molecule has 1 heterocycles. The molecule has 4 aliphatic carbocycles. The van der Waals surface area contributed by atoms with Gasteiger partial charge in [0.05, 0.1) is 0 Å². The summed E-state index contributed by atoms with van der Waals surface area (Å²) in [5.74, 6) is 1.26. The molecule has 0 spiro atoms. The topological polar surface area (TPSA) is 85.6 Å². The summed E-state index contributed by atoms with van der Waals surface area (Å²) in [5.41, 5.74) is -0.369. The van der Waals surface area contributed by atoms with Gasteiger partial charge in [0.1, 0.15) is 11.1 Å². The highest BCUT2D eigenvalue weighted by Gasteiger charge is 2.53. The average Bonchev–Trinajstić information content (AvgIpc) is 2.70. The van der Waals surface area contributed by atoms with Crippen molar-refractivity contribution in [2.24, 2.45) is 23.2 Å². The fourth-order valence-corrected chi connectivity index (χ4v) is 6.56. The van der Waals surface area contributed by atoms with Crippen LogP contribution in [0.15, 0.2) is 39.5 Å². The second-order valence-electron chi connectivity index (χ2n) is 9.63. The number of carbonyl (C=O) groups is 2. The van der Waals surface area contributed by atoms with Crippen LogP contribution in [0.5, 0.6) is 0 Å². The third-order valence-corrected chi connectivity index (χ3v) is 7.58. The Morgan fingerprint density at radius 1 is 1.13 bits per heavy atom. The molecule has 0 saturated heterocycles. The van der Waals surface area contributed by atoms with Gasteiger partial charge in [-0.25, -0.2) is 9.59 Å². The van der Waals surface area contributed by atoms with E-state index in [4.69, 9.17) is 9.15 Å². The van der Waals surface area contributed by atoms with E-state index >= 15 is 0 Å². The van der Waals surface area contributed by atoms with Crippen LogP contribution in [0.25, 0.3) is 11.0 Å². The number of benzene rings is 1. The highest BCUT2D eigenvalue weighted by molar-refractivity contribution is 5.94. The van der Waals surface area contributed by atoms with Crippen molar-refractivity contribution in [2.45, 2.75) is 51.5 Å². The summed E-state index contributed by atoms with van der Waals surface area (Å²) >= 11 is 0. The van der Waals surface area contributed by atoms with E-state index in [0.29, 0.717) is 11.0 Å². The van der Waals surface area contributed by atoms with Crippen LogP contribution in [0.2, 0.25) is 0 Å². The summed E-state index contributed by atoms with van der Waals surface area (Å²) in [5, 5.41) is 3.70. The number of amides is 1. The molecule has 2 aromatic rings. The average molecular weight is 409 g/mol. The van der Waals surface area contributed by atoms with Gasteiger partial charge in [0.15, 0.2) is 6.61 Å². The van der Waals surface area contributed by atoms with E-state index in [-0.39, 0.29) is 22.9 Å².